The van der Waals surface area contributed by atoms with Gasteiger partial charge >= 0.3 is 5.97 Å². The van der Waals surface area contributed by atoms with E-state index in [9.17, 15) is 4.79 Å². The van der Waals surface area contributed by atoms with Gasteiger partial charge in [0.25, 0.3) is 0 Å². The standard InChI is InChI=1S/C31H41ClN2O4/c1-9-10-17-37-31(15-16-31)18-34-21(4)19(2)24-26(22-11-13-23(32)14-12-22)25(20(3)33-28(24)34)27(29(35)36-8)38-30(5,6)7/h11-14,27H,9-10,15-18H2,1-8H3/t27-/m0/s1. The Bertz CT molecular complexity index is 1320. The lowest BCUT2D eigenvalue weighted by molar-refractivity contribution is -0.164. The Hall–Kier alpha value is -2.41. The van der Waals surface area contributed by atoms with Crippen LogP contribution in [0.15, 0.2) is 24.3 Å². The van der Waals surface area contributed by atoms with E-state index in [1.54, 1.807) is 0 Å². The van der Waals surface area contributed by atoms with E-state index in [1.807, 2.05) is 52.0 Å². The van der Waals surface area contributed by atoms with Crippen LogP contribution in [0.1, 0.15) is 82.0 Å². The summed E-state index contributed by atoms with van der Waals surface area (Å²) in [6.07, 6.45) is 3.36. The molecule has 1 saturated carbocycles. The van der Waals surface area contributed by atoms with Crippen molar-refractivity contribution in [1.29, 1.82) is 0 Å². The highest BCUT2D eigenvalue weighted by Crippen LogP contribution is 2.46. The molecule has 206 valence electrons. The van der Waals surface area contributed by atoms with E-state index in [1.165, 1.54) is 7.11 Å². The van der Waals surface area contributed by atoms with E-state index in [0.29, 0.717) is 5.02 Å². The van der Waals surface area contributed by atoms with Gasteiger partial charge in [0.15, 0.2) is 6.10 Å². The normalized spacial score (nSPS) is 15.6. The van der Waals surface area contributed by atoms with E-state index in [-0.39, 0.29) is 5.60 Å². The van der Waals surface area contributed by atoms with Crippen molar-refractivity contribution in [3.63, 3.8) is 0 Å². The summed E-state index contributed by atoms with van der Waals surface area (Å²) in [7, 11) is 1.39. The van der Waals surface area contributed by atoms with Gasteiger partial charge in [0, 0.05) is 39.5 Å². The largest absolute Gasteiger partial charge is 0.467 e. The molecule has 1 atom stereocenters. The summed E-state index contributed by atoms with van der Waals surface area (Å²) in [6.45, 7) is 15.8. The molecule has 0 unspecified atom stereocenters. The van der Waals surface area contributed by atoms with Gasteiger partial charge in [-0.15, -0.1) is 0 Å². The number of esters is 1. The van der Waals surface area contributed by atoms with Crippen molar-refractivity contribution in [3.05, 3.63) is 51.8 Å². The van der Waals surface area contributed by atoms with Crippen LogP contribution in [0.3, 0.4) is 0 Å². The minimum Gasteiger partial charge on any atom is -0.467 e. The van der Waals surface area contributed by atoms with Crippen LogP contribution in [0, 0.1) is 20.8 Å². The lowest BCUT2D eigenvalue weighted by Crippen LogP contribution is -2.29. The molecule has 38 heavy (non-hydrogen) atoms. The monoisotopic (exact) mass is 540 g/mol. The molecule has 3 aromatic rings. The Kier molecular flexibility index (Phi) is 8.27. The molecule has 0 N–H and O–H groups in total. The van der Waals surface area contributed by atoms with Gasteiger partial charge < -0.3 is 18.8 Å². The Morgan fingerprint density at radius 1 is 1.16 bits per heavy atom. The van der Waals surface area contributed by atoms with Gasteiger partial charge in [-0.25, -0.2) is 9.78 Å². The maximum Gasteiger partial charge on any atom is 0.339 e. The lowest BCUT2D eigenvalue weighted by Gasteiger charge is -2.29. The zero-order valence-corrected chi connectivity index (χ0v) is 24.8. The minimum absolute atomic E-state index is 0.128. The number of hydrogen-bond donors (Lipinski definition) is 0. The van der Waals surface area contributed by atoms with Crippen LogP contribution in [0.5, 0.6) is 0 Å². The number of nitrogens with zero attached hydrogens (tertiary/aromatic N) is 2. The number of ether oxygens (including phenoxy) is 3. The molecule has 0 saturated heterocycles. The van der Waals surface area contributed by atoms with Crippen molar-refractivity contribution in [2.45, 2.75) is 98.0 Å². The van der Waals surface area contributed by atoms with Crippen LogP contribution >= 0.6 is 11.6 Å². The smallest absolute Gasteiger partial charge is 0.339 e. The maximum absolute atomic E-state index is 13.2. The molecule has 0 bridgehead atoms. The number of rotatable bonds is 10. The fourth-order valence-electron chi connectivity index (χ4n) is 5.12. The van der Waals surface area contributed by atoms with Gasteiger partial charge in [-0.3, -0.25) is 0 Å². The number of fused-ring (bicyclic) bond motifs is 1. The molecule has 4 rings (SSSR count). The quantitative estimate of drug-likeness (QED) is 0.195. The predicted molar refractivity (Wildman–Crippen MR) is 153 cm³/mol. The van der Waals surface area contributed by atoms with Gasteiger partial charge in [-0.2, -0.15) is 0 Å². The molecule has 1 aromatic carbocycles. The van der Waals surface area contributed by atoms with E-state index >= 15 is 0 Å². The van der Waals surface area contributed by atoms with Crippen LogP contribution in [-0.4, -0.2) is 40.4 Å². The number of aryl methyl sites for hydroxylation is 2. The maximum atomic E-state index is 13.2. The van der Waals surface area contributed by atoms with Crippen LogP contribution in [0.2, 0.25) is 5.02 Å². The topological polar surface area (TPSA) is 62.6 Å². The van der Waals surface area contributed by atoms with Crippen molar-refractivity contribution in [2.24, 2.45) is 0 Å². The molecule has 0 spiro atoms. The van der Waals surface area contributed by atoms with Crippen LogP contribution in [0.4, 0.5) is 0 Å². The lowest BCUT2D eigenvalue weighted by atomic mass is 9.91. The number of unbranched alkanes of at least 4 members (excludes halogenated alkanes) is 1. The number of aromatic nitrogens is 2. The summed E-state index contributed by atoms with van der Waals surface area (Å²) in [4.78, 5) is 18.3. The summed E-state index contributed by atoms with van der Waals surface area (Å²) in [5.41, 5.74) is 5.81. The second-order valence-corrected chi connectivity index (χ2v) is 11.9. The molecule has 2 heterocycles. The van der Waals surface area contributed by atoms with Crippen molar-refractivity contribution < 1.29 is 19.0 Å². The molecule has 1 aliphatic carbocycles. The number of pyridine rings is 1. The van der Waals surface area contributed by atoms with Gasteiger partial charge in [0.05, 0.1) is 24.9 Å². The highest BCUT2D eigenvalue weighted by molar-refractivity contribution is 6.30. The summed E-state index contributed by atoms with van der Waals surface area (Å²) < 4.78 is 20.3. The number of carbonyl (C=O) groups is 1. The molecular formula is C31H41ClN2O4. The van der Waals surface area contributed by atoms with Crippen LogP contribution < -0.4 is 0 Å². The zero-order valence-electron chi connectivity index (χ0n) is 24.0. The Morgan fingerprint density at radius 2 is 1.82 bits per heavy atom. The SMILES string of the molecule is CCCCOC1(Cn2c(C)c(C)c3c(-c4ccc(Cl)cc4)c([C@H](OC(C)(C)C)C(=O)OC)c(C)nc32)CC1. The molecule has 0 aliphatic heterocycles. The molecule has 2 aromatic heterocycles. The van der Waals surface area contributed by atoms with Gasteiger partial charge in [-0.05, 0) is 84.1 Å². The first-order valence-electron chi connectivity index (χ1n) is 13.6. The van der Waals surface area contributed by atoms with Crippen LogP contribution in [0.25, 0.3) is 22.2 Å². The van der Waals surface area contributed by atoms with Crippen LogP contribution in [-0.2, 0) is 25.5 Å². The third-order valence-electron chi connectivity index (χ3n) is 7.43. The minimum atomic E-state index is -0.933. The molecule has 0 amide bonds. The predicted octanol–water partition coefficient (Wildman–Crippen LogP) is 7.66. The highest BCUT2D eigenvalue weighted by atomic mass is 35.5. The number of carbonyl (C=O) groups excluding carboxylic acids is 1. The zero-order chi connectivity index (χ0) is 27.8. The molecular weight excluding hydrogens is 500 g/mol. The average molecular weight is 541 g/mol. The van der Waals surface area contributed by atoms with Crippen molar-refractivity contribution in [3.8, 4) is 11.1 Å². The van der Waals surface area contributed by atoms with E-state index < -0.39 is 17.7 Å². The highest BCUT2D eigenvalue weighted by Gasteiger charge is 2.45. The molecule has 7 heteroatoms. The van der Waals surface area contributed by atoms with Gasteiger partial charge in [-0.1, -0.05) is 37.1 Å². The molecule has 1 aliphatic rings. The number of hydrogen-bond acceptors (Lipinski definition) is 5. The average Bonchev–Trinajstić information content (AvgIpc) is 3.59. The van der Waals surface area contributed by atoms with E-state index in [2.05, 4.69) is 25.3 Å². The second kappa shape index (κ2) is 11.0. The summed E-state index contributed by atoms with van der Waals surface area (Å²) in [6, 6.07) is 7.74. The van der Waals surface area contributed by atoms with Gasteiger partial charge in [0.1, 0.15) is 5.65 Å². The number of benzene rings is 1. The number of halogens is 1. The fraction of sp³-hybridized carbons (Fsp3) is 0.548. The van der Waals surface area contributed by atoms with Crippen molar-refractivity contribution in [2.75, 3.05) is 13.7 Å². The first kappa shape index (κ1) is 28.6. The summed E-state index contributed by atoms with van der Waals surface area (Å²) in [5.74, 6) is -0.450. The van der Waals surface area contributed by atoms with E-state index in [0.717, 1.165) is 83.5 Å². The Morgan fingerprint density at radius 3 is 2.37 bits per heavy atom. The first-order chi connectivity index (χ1) is 17.9. The Balaban J connectivity index is 1.98. The first-order valence-corrected chi connectivity index (χ1v) is 13.9. The summed E-state index contributed by atoms with van der Waals surface area (Å²) >= 11 is 6.27. The summed E-state index contributed by atoms with van der Waals surface area (Å²) in [5, 5.41) is 1.67. The van der Waals surface area contributed by atoms with Gasteiger partial charge in [0.2, 0.25) is 0 Å². The second-order valence-electron chi connectivity index (χ2n) is 11.5. The molecule has 0 radical (unpaired) electrons. The van der Waals surface area contributed by atoms with E-state index in [4.69, 9.17) is 30.8 Å². The third kappa shape index (κ3) is 5.78. The van der Waals surface area contributed by atoms with Crippen molar-refractivity contribution >= 4 is 28.6 Å². The molecule has 1 fully saturated rings. The van der Waals surface area contributed by atoms with Crippen molar-refractivity contribution in [1.82, 2.24) is 9.55 Å². The fourth-order valence-corrected chi connectivity index (χ4v) is 5.25. The molecule has 6 nitrogen and oxygen atoms in total. The Labute approximate surface area is 231 Å². The number of methoxy groups -OCH3 is 1. The third-order valence-corrected chi connectivity index (χ3v) is 7.68.